The van der Waals surface area contributed by atoms with Crippen LogP contribution >= 0.6 is 0 Å². The van der Waals surface area contributed by atoms with Crippen molar-refractivity contribution in [1.29, 1.82) is 5.26 Å². The van der Waals surface area contributed by atoms with E-state index in [2.05, 4.69) is 17.2 Å². The topological polar surface area (TPSA) is 67.9 Å². The van der Waals surface area contributed by atoms with Gasteiger partial charge >= 0.3 is 0 Å². The molecular formula is C23H21N3O2. The van der Waals surface area contributed by atoms with E-state index in [0.717, 1.165) is 22.6 Å². The molecule has 0 saturated carbocycles. The minimum Gasteiger partial charge on any atom is -0.489 e. The summed E-state index contributed by atoms with van der Waals surface area (Å²) in [7, 11) is 0. The van der Waals surface area contributed by atoms with Crippen LogP contribution < -0.4 is 4.74 Å². The average molecular weight is 371 g/mol. The van der Waals surface area contributed by atoms with Crippen molar-refractivity contribution in [3.05, 3.63) is 88.2 Å². The van der Waals surface area contributed by atoms with Gasteiger partial charge in [0.05, 0.1) is 5.69 Å². The van der Waals surface area contributed by atoms with Crippen LogP contribution in [-0.2, 0) is 6.61 Å². The molecule has 0 spiro atoms. The predicted octanol–water partition coefficient (Wildman–Crippen LogP) is 4.63. The third-order valence-electron chi connectivity index (χ3n) is 4.27. The van der Waals surface area contributed by atoms with Gasteiger partial charge in [0.25, 0.3) is 5.91 Å². The first kappa shape index (κ1) is 19.1. The summed E-state index contributed by atoms with van der Waals surface area (Å²) < 4.78 is 7.04. The first-order valence-corrected chi connectivity index (χ1v) is 8.94. The van der Waals surface area contributed by atoms with Crippen LogP contribution in [0.4, 0.5) is 0 Å². The number of aryl methyl sites for hydroxylation is 3. The summed E-state index contributed by atoms with van der Waals surface area (Å²) in [6.07, 6.45) is 1.56. The molecule has 0 aliphatic rings. The first-order chi connectivity index (χ1) is 13.5. The van der Waals surface area contributed by atoms with Crippen molar-refractivity contribution in [3.63, 3.8) is 0 Å². The largest absolute Gasteiger partial charge is 0.489 e. The van der Waals surface area contributed by atoms with E-state index in [1.807, 2.05) is 56.3 Å². The van der Waals surface area contributed by atoms with E-state index in [-0.39, 0.29) is 5.57 Å². The van der Waals surface area contributed by atoms with Crippen molar-refractivity contribution in [1.82, 2.24) is 9.78 Å². The lowest BCUT2D eigenvalue weighted by atomic mass is 10.1. The molecule has 5 heteroatoms. The van der Waals surface area contributed by atoms with Gasteiger partial charge in [0, 0.05) is 5.69 Å². The zero-order chi connectivity index (χ0) is 20.1. The summed E-state index contributed by atoms with van der Waals surface area (Å²) in [4.78, 5) is 12.5. The SMILES string of the molecule is Cc1ccc(COc2ccc(/C=C(\C#N)C(=O)n3nc(C)cc3C)cc2)cc1. The van der Waals surface area contributed by atoms with Crippen LogP contribution in [-0.4, -0.2) is 15.7 Å². The van der Waals surface area contributed by atoms with Gasteiger partial charge in [-0.3, -0.25) is 4.79 Å². The Labute approximate surface area is 164 Å². The molecule has 3 rings (SSSR count). The molecule has 0 fully saturated rings. The minimum atomic E-state index is -0.437. The molecule has 0 saturated heterocycles. The fraction of sp³-hybridized carbons (Fsp3) is 0.174. The lowest BCUT2D eigenvalue weighted by molar-refractivity contribution is 0.0943. The Bertz CT molecular complexity index is 1050. The minimum absolute atomic E-state index is 0.0273. The van der Waals surface area contributed by atoms with E-state index in [1.54, 1.807) is 19.1 Å². The third-order valence-corrected chi connectivity index (χ3v) is 4.27. The summed E-state index contributed by atoms with van der Waals surface area (Å²) in [5, 5.41) is 13.5. The maximum atomic E-state index is 12.5. The van der Waals surface area contributed by atoms with Crippen molar-refractivity contribution in [2.75, 3.05) is 0 Å². The van der Waals surface area contributed by atoms with E-state index in [9.17, 15) is 10.1 Å². The normalized spacial score (nSPS) is 11.1. The number of allylic oxidation sites excluding steroid dienone is 1. The quantitative estimate of drug-likeness (QED) is 0.484. The molecule has 0 N–H and O–H groups in total. The molecule has 0 amide bonds. The second kappa shape index (κ2) is 8.36. The number of rotatable bonds is 5. The Kier molecular flexibility index (Phi) is 5.71. The van der Waals surface area contributed by atoms with Crippen LogP contribution in [0.25, 0.3) is 6.08 Å². The number of carbonyl (C=O) groups excluding carboxylic acids is 1. The highest BCUT2D eigenvalue weighted by Crippen LogP contribution is 2.17. The number of hydrogen-bond acceptors (Lipinski definition) is 4. The number of nitriles is 1. The molecule has 0 aliphatic carbocycles. The van der Waals surface area contributed by atoms with Crippen LogP contribution in [0.15, 0.2) is 60.2 Å². The van der Waals surface area contributed by atoms with Gasteiger partial charge in [-0.15, -0.1) is 0 Å². The fourth-order valence-corrected chi connectivity index (χ4v) is 2.77. The molecule has 28 heavy (non-hydrogen) atoms. The van der Waals surface area contributed by atoms with Gasteiger partial charge in [-0.05, 0) is 56.2 Å². The molecule has 0 bridgehead atoms. The van der Waals surface area contributed by atoms with Crippen molar-refractivity contribution >= 4 is 12.0 Å². The Morgan fingerprint density at radius 2 is 1.79 bits per heavy atom. The first-order valence-electron chi connectivity index (χ1n) is 8.94. The van der Waals surface area contributed by atoms with E-state index < -0.39 is 5.91 Å². The summed E-state index contributed by atoms with van der Waals surface area (Å²) >= 11 is 0. The van der Waals surface area contributed by atoms with Crippen LogP contribution in [0.1, 0.15) is 32.9 Å². The number of hydrogen-bond donors (Lipinski definition) is 0. The molecule has 0 atom stereocenters. The molecule has 2 aromatic carbocycles. The Hall–Kier alpha value is -3.65. The summed E-state index contributed by atoms with van der Waals surface area (Å²) in [5.41, 5.74) is 4.51. The third kappa shape index (κ3) is 4.54. The highest BCUT2D eigenvalue weighted by atomic mass is 16.5. The Morgan fingerprint density at radius 1 is 1.11 bits per heavy atom. The van der Waals surface area contributed by atoms with Crippen LogP contribution in [0.2, 0.25) is 0 Å². The van der Waals surface area contributed by atoms with Gasteiger partial charge < -0.3 is 4.74 Å². The van der Waals surface area contributed by atoms with Gasteiger partial charge in [0.1, 0.15) is 24.0 Å². The van der Waals surface area contributed by atoms with Crippen LogP contribution in [0.3, 0.4) is 0 Å². The molecular weight excluding hydrogens is 350 g/mol. The number of carbonyl (C=O) groups is 1. The van der Waals surface area contributed by atoms with Gasteiger partial charge in [0.2, 0.25) is 0 Å². The van der Waals surface area contributed by atoms with Crippen molar-refractivity contribution in [2.24, 2.45) is 0 Å². The Morgan fingerprint density at radius 3 is 2.36 bits per heavy atom. The van der Waals surface area contributed by atoms with E-state index in [0.29, 0.717) is 12.3 Å². The van der Waals surface area contributed by atoms with Crippen molar-refractivity contribution in [2.45, 2.75) is 27.4 Å². The second-order valence-electron chi connectivity index (χ2n) is 6.66. The Balaban J connectivity index is 1.71. The maximum absolute atomic E-state index is 12.5. The van der Waals surface area contributed by atoms with Crippen LogP contribution in [0.5, 0.6) is 5.75 Å². The van der Waals surface area contributed by atoms with Crippen LogP contribution in [0, 0.1) is 32.1 Å². The van der Waals surface area contributed by atoms with Gasteiger partial charge in [-0.25, -0.2) is 4.68 Å². The lowest BCUT2D eigenvalue weighted by Crippen LogP contribution is -2.15. The molecule has 0 radical (unpaired) electrons. The monoisotopic (exact) mass is 371 g/mol. The zero-order valence-electron chi connectivity index (χ0n) is 16.1. The predicted molar refractivity (Wildman–Crippen MR) is 108 cm³/mol. The molecule has 1 heterocycles. The van der Waals surface area contributed by atoms with Crippen molar-refractivity contribution in [3.8, 4) is 11.8 Å². The van der Waals surface area contributed by atoms with E-state index >= 15 is 0 Å². The van der Waals surface area contributed by atoms with E-state index in [4.69, 9.17) is 4.74 Å². The second-order valence-corrected chi connectivity index (χ2v) is 6.66. The maximum Gasteiger partial charge on any atom is 0.289 e. The molecule has 3 aromatic rings. The number of aromatic nitrogens is 2. The number of ether oxygens (including phenoxy) is 1. The molecule has 5 nitrogen and oxygen atoms in total. The van der Waals surface area contributed by atoms with Gasteiger partial charge in [-0.2, -0.15) is 10.4 Å². The number of nitrogens with zero attached hydrogens (tertiary/aromatic N) is 3. The smallest absolute Gasteiger partial charge is 0.289 e. The highest BCUT2D eigenvalue weighted by molar-refractivity contribution is 6.03. The van der Waals surface area contributed by atoms with Gasteiger partial charge in [0.15, 0.2) is 0 Å². The molecule has 140 valence electrons. The summed E-state index contributed by atoms with van der Waals surface area (Å²) in [5.74, 6) is 0.286. The van der Waals surface area contributed by atoms with Crippen molar-refractivity contribution < 1.29 is 9.53 Å². The average Bonchev–Trinajstić information content (AvgIpc) is 3.04. The molecule has 0 aliphatic heterocycles. The zero-order valence-corrected chi connectivity index (χ0v) is 16.1. The summed E-state index contributed by atoms with van der Waals surface area (Å²) in [6.45, 7) is 6.12. The highest BCUT2D eigenvalue weighted by Gasteiger charge is 2.15. The lowest BCUT2D eigenvalue weighted by Gasteiger charge is -2.07. The summed E-state index contributed by atoms with van der Waals surface area (Å²) in [6, 6.07) is 19.2. The molecule has 0 unspecified atom stereocenters. The molecule has 1 aromatic heterocycles. The van der Waals surface area contributed by atoms with E-state index in [1.165, 1.54) is 10.2 Å². The van der Waals surface area contributed by atoms with Gasteiger partial charge in [-0.1, -0.05) is 42.0 Å². The standard InChI is InChI=1S/C23H21N3O2/c1-16-4-6-20(7-5-16)15-28-22-10-8-19(9-11-22)13-21(14-24)23(27)26-18(3)12-17(2)25-26/h4-13H,15H2,1-3H3/b21-13+. The number of benzene rings is 2. The fourth-order valence-electron chi connectivity index (χ4n) is 2.77.